The molecule has 1 unspecified atom stereocenters. The summed E-state index contributed by atoms with van der Waals surface area (Å²) >= 11 is 0. The lowest BCUT2D eigenvalue weighted by molar-refractivity contribution is 0.132. The number of benzene rings is 1. The van der Waals surface area contributed by atoms with E-state index in [1.807, 2.05) is 0 Å². The molecule has 0 radical (unpaired) electrons. The van der Waals surface area contributed by atoms with Crippen LogP contribution in [0.1, 0.15) is 12.8 Å². The highest BCUT2D eigenvalue weighted by atomic mass is 19.1. The standard InChI is InChI=1S/C13H17FN2O2/c14-11-4-1-5-12(7-11)16-13(17)18-9-10-3-2-6-15-8-10/h1,4-5,7,10,15H,2-3,6,8-9H2,(H,16,17). The van der Waals surface area contributed by atoms with Gasteiger partial charge in [-0.05, 0) is 37.6 Å². The predicted molar refractivity (Wildman–Crippen MR) is 67.0 cm³/mol. The SMILES string of the molecule is O=C(Nc1cccc(F)c1)OCC1CCCNC1. The van der Waals surface area contributed by atoms with Gasteiger partial charge in [-0.1, -0.05) is 6.07 Å². The van der Waals surface area contributed by atoms with Gasteiger partial charge in [0.25, 0.3) is 0 Å². The average Bonchev–Trinajstić information content (AvgIpc) is 2.38. The molecule has 4 nitrogen and oxygen atoms in total. The third-order valence-corrected chi connectivity index (χ3v) is 2.92. The zero-order chi connectivity index (χ0) is 12.8. The van der Waals surface area contributed by atoms with Gasteiger partial charge in [0, 0.05) is 18.2 Å². The average molecular weight is 252 g/mol. The first kappa shape index (κ1) is 12.8. The molecule has 1 fully saturated rings. The van der Waals surface area contributed by atoms with Gasteiger partial charge >= 0.3 is 6.09 Å². The van der Waals surface area contributed by atoms with E-state index in [1.165, 1.54) is 18.2 Å². The van der Waals surface area contributed by atoms with Crippen molar-refractivity contribution >= 4 is 11.8 Å². The van der Waals surface area contributed by atoms with Gasteiger partial charge < -0.3 is 10.1 Å². The zero-order valence-corrected chi connectivity index (χ0v) is 10.1. The number of carbonyl (C=O) groups excluding carboxylic acids is 1. The third kappa shape index (κ3) is 4.00. The Morgan fingerprint density at radius 3 is 3.17 bits per heavy atom. The lowest BCUT2D eigenvalue weighted by Crippen LogP contribution is -2.33. The maximum absolute atomic E-state index is 12.9. The number of rotatable bonds is 3. The summed E-state index contributed by atoms with van der Waals surface area (Å²) in [6.07, 6.45) is 1.64. The van der Waals surface area contributed by atoms with Crippen LogP contribution in [0.4, 0.5) is 14.9 Å². The molecule has 2 N–H and O–H groups in total. The number of carbonyl (C=O) groups is 1. The van der Waals surface area contributed by atoms with Gasteiger partial charge in [-0.2, -0.15) is 0 Å². The van der Waals surface area contributed by atoms with Crippen LogP contribution < -0.4 is 10.6 Å². The van der Waals surface area contributed by atoms with Crippen LogP contribution in [0.5, 0.6) is 0 Å². The fraction of sp³-hybridized carbons (Fsp3) is 0.462. The number of anilines is 1. The number of hydrogen-bond acceptors (Lipinski definition) is 3. The second-order valence-corrected chi connectivity index (χ2v) is 4.45. The molecule has 1 heterocycles. The summed E-state index contributed by atoms with van der Waals surface area (Å²) in [5.41, 5.74) is 0.404. The van der Waals surface area contributed by atoms with Crippen molar-refractivity contribution in [3.05, 3.63) is 30.1 Å². The number of amides is 1. The Labute approximate surface area is 106 Å². The molecule has 1 aliphatic heterocycles. The Balaban J connectivity index is 1.74. The molecule has 0 saturated carbocycles. The first-order valence-electron chi connectivity index (χ1n) is 6.14. The van der Waals surface area contributed by atoms with Crippen molar-refractivity contribution in [2.45, 2.75) is 12.8 Å². The summed E-state index contributed by atoms with van der Waals surface area (Å²) in [5, 5.41) is 5.76. The van der Waals surface area contributed by atoms with Gasteiger partial charge in [-0.25, -0.2) is 9.18 Å². The van der Waals surface area contributed by atoms with Crippen LogP contribution in [0.15, 0.2) is 24.3 Å². The lowest BCUT2D eigenvalue weighted by atomic mass is 10.0. The first-order valence-corrected chi connectivity index (χ1v) is 6.14. The summed E-state index contributed by atoms with van der Waals surface area (Å²) in [6, 6.07) is 5.73. The van der Waals surface area contributed by atoms with Crippen molar-refractivity contribution in [2.24, 2.45) is 5.92 Å². The van der Waals surface area contributed by atoms with E-state index in [0.717, 1.165) is 25.9 Å². The highest BCUT2D eigenvalue weighted by molar-refractivity contribution is 5.84. The molecule has 1 saturated heterocycles. The molecule has 98 valence electrons. The van der Waals surface area contributed by atoms with E-state index < -0.39 is 6.09 Å². The van der Waals surface area contributed by atoms with Crippen LogP contribution in [0, 0.1) is 11.7 Å². The van der Waals surface area contributed by atoms with Crippen molar-refractivity contribution < 1.29 is 13.9 Å². The zero-order valence-electron chi connectivity index (χ0n) is 10.1. The minimum absolute atomic E-state index is 0.372. The number of nitrogens with one attached hydrogen (secondary N) is 2. The Morgan fingerprint density at radius 1 is 1.56 bits per heavy atom. The van der Waals surface area contributed by atoms with Gasteiger partial charge in [-0.3, -0.25) is 5.32 Å². The number of ether oxygens (including phenoxy) is 1. The summed E-state index contributed by atoms with van der Waals surface area (Å²) in [5.74, 6) is -0.0127. The molecule has 5 heteroatoms. The van der Waals surface area contributed by atoms with Crippen LogP contribution in [-0.2, 0) is 4.74 Å². The summed E-state index contributed by atoms with van der Waals surface area (Å²) in [7, 11) is 0. The highest BCUT2D eigenvalue weighted by Crippen LogP contribution is 2.12. The second-order valence-electron chi connectivity index (χ2n) is 4.45. The lowest BCUT2D eigenvalue weighted by Gasteiger charge is -2.22. The molecule has 1 aromatic rings. The molecule has 1 amide bonds. The highest BCUT2D eigenvalue weighted by Gasteiger charge is 2.15. The van der Waals surface area contributed by atoms with E-state index in [1.54, 1.807) is 6.07 Å². The van der Waals surface area contributed by atoms with Gasteiger partial charge in [0.05, 0.1) is 6.61 Å². The topological polar surface area (TPSA) is 50.4 Å². The minimum Gasteiger partial charge on any atom is -0.449 e. The van der Waals surface area contributed by atoms with E-state index in [2.05, 4.69) is 10.6 Å². The van der Waals surface area contributed by atoms with Crippen molar-refractivity contribution in [3.63, 3.8) is 0 Å². The van der Waals surface area contributed by atoms with Crippen LogP contribution in [0.2, 0.25) is 0 Å². The Bertz CT molecular complexity index is 406. The van der Waals surface area contributed by atoms with Crippen molar-refractivity contribution in [1.29, 1.82) is 0 Å². The Morgan fingerprint density at radius 2 is 2.44 bits per heavy atom. The first-order chi connectivity index (χ1) is 8.74. The Hall–Kier alpha value is -1.62. The molecular weight excluding hydrogens is 235 g/mol. The molecular formula is C13H17FN2O2. The van der Waals surface area contributed by atoms with E-state index in [9.17, 15) is 9.18 Å². The monoisotopic (exact) mass is 252 g/mol. The molecule has 0 aliphatic carbocycles. The van der Waals surface area contributed by atoms with E-state index >= 15 is 0 Å². The molecule has 1 aromatic carbocycles. The smallest absolute Gasteiger partial charge is 0.411 e. The molecule has 0 spiro atoms. The van der Waals surface area contributed by atoms with Crippen molar-refractivity contribution in [1.82, 2.24) is 5.32 Å². The predicted octanol–water partition coefficient (Wildman–Crippen LogP) is 2.37. The number of hydrogen-bond donors (Lipinski definition) is 2. The van der Waals surface area contributed by atoms with Crippen LogP contribution in [-0.4, -0.2) is 25.8 Å². The molecule has 1 aliphatic rings. The second kappa shape index (κ2) is 6.35. The molecule has 0 aromatic heterocycles. The van der Waals surface area contributed by atoms with E-state index in [0.29, 0.717) is 18.2 Å². The van der Waals surface area contributed by atoms with Crippen LogP contribution in [0.25, 0.3) is 0 Å². The quantitative estimate of drug-likeness (QED) is 0.868. The van der Waals surface area contributed by atoms with Crippen LogP contribution >= 0.6 is 0 Å². The number of halogens is 1. The fourth-order valence-electron chi connectivity index (χ4n) is 1.98. The van der Waals surface area contributed by atoms with E-state index in [-0.39, 0.29) is 5.82 Å². The number of piperidine rings is 1. The maximum atomic E-state index is 12.9. The van der Waals surface area contributed by atoms with E-state index in [4.69, 9.17) is 4.74 Å². The summed E-state index contributed by atoms with van der Waals surface area (Å²) in [6.45, 7) is 2.31. The van der Waals surface area contributed by atoms with Crippen molar-refractivity contribution in [3.8, 4) is 0 Å². The molecule has 1 atom stereocenters. The van der Waals surface area contributed by atoms with Gasteiger partial charge in [0.15, 0.2) is 0 Å². The third-order valence-electron chi connectivity index (χ3n) is 2.92. The van der Waals surface area contributed by atoms with Gasteiger partial charge in [-0.15, -0.1) is 0 Å². The molecule has 18 heavy (non-hydrogen) atoms. The van der Waals surface area contributed by atoms with Gasteiger partial charge in [0.1, 0.15) is 5.82 Å². The summed E-state index contributed by atoms with van der Waals surface area (Å²) in [4.78, 5) is 11.5. The van der Waals surface area contributed by atoms with Gasteiger partial charge in [0.2, 0.25) is 0 Å². The fourth-order valence-corrected chi connectivity index (χ4v) is 1.98. The largest absolute Gasteiger partial charge is 0.449 e. The Kier molecular flexibility index (Phi) is 4.52. The normalized spacial score (nSPS) is 19.3. The molecule has 0 bridgehead atoms. The van der Waals surface area contributed by atoms with Crippen LogP contribution in [0.3, 0.4) is 0 Å². The van der Waals surface area contributed by atoms with Crippen molar-refractivity contribution in [2.75, 3.05) is 25.0 Å². The summed E-state index contributed by atoms with van der Waals surface area (Å²) < 4.78 is 18.0. The minimum atomic E-state index is -0.536. The maximum Gasteiger partial charge on any atom is 0.411 e. The molecule has 2 rings (SSSR count).